The molecule has 1 heterocycles. The van der Waals surface area contributed by atoms with Crippen molar-refractivity contribution in [2.24, 2.45) is 0 Å². The summed E-state index contributed by atoms with van der Waals surface area (Å²) in [7, 11) is 0. The largest absolute Gasteiger partial charge is 0.355 e. The Bertz CT molecular complexity index is 734. The van der Waals surface area contributed by atoms with E-state index in [9.17, 15) is 4.79 Å². The second-order valence-electron chi connectivity index (χ2n) is 6.78. The Kier molecular flexibility index (Phi) is 5.42. The second kappa shape index (κ2) is 7.56. The van der Waals surface area contributed by atoms with E-state index in [1.165, 1.54) is 5.56 Å². The molecule has 0 aliphatic heterocycles. The summed E-state index contributed by atoms with van der Waals surface area (Å²) in [5.74, 6) is 0.106. The third-order valence-electron chi connectivity index (χ3n) is 5.05. The Hall–Kier alpha value is -1.88. The summed E-state index contributed by atoms with van der Waals surface area (Å²) in [6.07, 6.45) is 5.45. The van der Waals surface area contributed by atoms with E-state index < -0.39 is 0 Å². The molecule has 0 saturated heterocycles. The SMILES string of the molecule is CSc1nc(C)c(CCC(=O)NCC2(c3ccccc3)CC2)c(C)n1. The topological polar surface area (TPSA) is 54.9 Å². The van der Waals surface area contributed by atoms with Crippen LogP contribution in [0.15, 0.2) is 35.5 Å². The number of carbonyl (C=O) groups is 1. The summed E-state index contributed by atoms with van der Waals surface area (Å²) in [5.41, 5.74) is 4.55. The normalized spacial score (nSPS) is 15.0. The molecule has 0 atom stereocenters. The van der Waals surface area contributed by atoms with Gasteiger partial charge in [-0.05, 0) is 50.5 Å². The lowest BCUT2D eigenvalue weighted by molar-refractivity contribution is -0.121. The van der Waals surface area contributed by atoms with Gasteiger partial charge in [0, 0.05) is 29.8 Å². The molecule has 1 aliphatic rings. The fourth-order valence-electron chi connectivity index (χ4n) is 3.27. The van der Waals surface area contributed by atoms with Crippen LogP contribution in [0.1, 0.15) is 41.8 Å². The van der Waals surface area contributed by atoms with Crippen LogP contribution < -0.4 is 5.32 Å². The van der Waals surface area contributed by atoms with Crippen molar-refractivity contribution in [3.05, 3.63) is 52.8 Å². The van der Waals surface area contributed by atoms with Crippen molar-refractivity contribution < 1.29 is 4.79 Å². The third kappa shape index (κ3) is 4.21. The van der Waals surface area contributed by atoms with Crippen LogP contribution in [-0.4, -0.2) is 28.7 Å². The highest BCUT2D eigenvalue weighted by Crippen LogP contribution is 2.47. The quantitative estimate of drug-likeness (QED) is 0.609. The lowest BCUT2D eigenvalue weighted by atomic mass is 9.96. The zero-order valence-electron chi connectivity index (χ0n) is 15.1. The van der Waals surface area contributed by atoms with Gasteiger partial charge in [-0.3, -0.25) is 4.79 Å². The lowest BCUT2D eigenvalue weighted by Crippen LogP contribution is -2.32. The molecule has 0 spiro atoms. The summed E-state index contributed by atoms with van der Waals surface area (Å²) < 4.78 is 0. The molecule has 0 bridgehead atoms. The highest BCUT2D eigenvalue weighted by atomic mass is 32.2. The molecular weight excluding hydrogens is 330 g/mol. The molecule has 1 aliphatic carbocycles. The first-order valence-electron chi connectivity index (χ1n) is 8.74. The maximum atomic E-state index is 12.3. The second-order valence-corrected chi connectivity index (χ2v) is 7.56. The number of carbonyl (C=O) groups excluding carboxylic acids is 1. The summed E-state index contributed by atoms with van der Waals surface area (Å²) in [6.45, 7) is 4.72. The molecule has 1 amide bonds. The van der Waals surface area contributed by atoms with Crippen molar-refractivity contribution in [2.45, 2.75) is 50.1 Å². The molecule has 1 saturated carbocycles. The van der Waals surface area contributed by atoms with Crippen molar-refractivity contribution in [1.82, 2.24) is 15.3 Å². The number of aromatic nitrogens is 2. The standard InChI is InChI=1S/C20H25N3OS/c1-14-17(15(2)23-19(22-14)25-3)9-10-18(24)21-13-20(11-12-20)16-7-5-4-6-8-16/h4-8H,9-13H2,1-3H3,(H,21,24). The summed E-state index contributed by atoms with van der Waals surface area (Å²) in [6, 6.07) is 10.5. The van der Waals surface area contributed by atoms with Crippen molar-refractivity contribution in [3.8, 4) is 0 Å². The zero-order chi connectivity index (χ0) is 17.9. The van der Waals surface area contributed by atoms with Gasteiger partial charge in [-0.2, -0.15) is 0 Å². The van der Waals surface area contributed by atoms with Crippen molar-refractivity contribution in [2.75, 3.05) is 12.8 Å². The van der Waals surface area contributed by atoms with Gasteiger partial charge in [0.15, 0.2) is 5.16 Å². The Morgan fingerprint density at radius 3 is 2.36 bits per heavy atom. The first-order valence-corrected chi connectivity index (χ1v) is 9.97. The van der Waals surface area contributed by atoms with Gasteiger partial charge in [0.1, 0.15) is 0 Å². The predicted octanol–water partition coefficient (Wildman–Crippen LogP) is 3.60. The molecule has 132 valence electrons. The molecule has 4 nitrogen and oxygen atoms in total. The first kappa shape index (κ1) is 17.9. The Balaban J connectivity index is 1.54. The predicted molar refractivity (Wildman–Crippen MR) is 102 cm³/mol. The van der Waals surface area contributed by atoms with Crippen LogP contribution in [0.4, 0.5) is 0 Å². The van der Waals surface area contributed by atoms with Gasteiger partial charge in [-0.15, -0.1) is 0 Å². The minimum atomic E-state index is 0.106. The van der Waals surface area contributed by atoms with Crippen LogP contribution in [0.25, 0.3) is 0 Å². The molecule has 5 heteroatoms. The minimum Gasteiger partial charge on any atom is -0.355 e. The minimum absolute atomic E-state index is 0.106. The fourth-order valence-corrected chi connectivity index (χ4v) is 3.72. The Morgan fingerprint density at radius 2 is 1.80 bits per heavy atom. The highest BCUT2D eigenvalue weighted by Gasteiger charge is 2.44. The van der Waals surface area contributed by atoms with Crippen LogP contribution in [0.5, 0.6) is 0 Å². The number of nitrogens with one attached hydrogen (secondary N) is 1. The van der Waals surface area contributed by atoms with E-state index in [1.807, 2.05) is 26.2 Å². The van der Waals surface area contributed by atoms with Gasteiger partial charge < -0.3 is 5.32 Å². The molecule has 0 radical (unpaired) electrons. The van der Waals surface area contributed by atoms with Gasteiger partial charge in [-0.25, -0.2) is 9.97 Å². The molecule has 1 aromatic carbocycles. The third-order valence-corrected chi connectivity index (χ3v) is 5.60. The number of thioether (sulfide) groups is 1. The molecule has 25 heavy (non-hydrogen) atoms. The molecule has 0 unspecified atom stereocenters. The zero-order valence-corrected chi connectivity index (χ0v) is 15.9. The monoisotopic (exact) mass is 355 g/mol. The number of amides is 1. The Morgan fingerprint density at radius 1 is 1.16 bits per heavy atom. The Labute approximate surface area is 153 Å². The van der Waals surface area contributed by atoms with E-state index in [-0.39, 0.29) is 11.3 Å². The van der Waals surface area contributed by atoms with Crippen LogP contribution >= 0.6 is 11.8 Å². The van der Waals surface area contributed by atoms with E-state index >= 15 is 0 Å². The van der Waals surface area contributed by atoms with Crippen molar-refractivity contribution in [1.29, 1.82) is 0 Å². The van der Waals surface area contributed by atoms with E-state index in [0.29, 0.717) is 12.8 Å². The van der Waals surface area contributed by atoms with Crippen LogP contribution in [0, 0.1) is 13.8 Å². The van der Waals surface area contributed by atoms with Crippen molar-refractivity contribution >= 4 is 17.7 Å². The summed E-state index contributed by atoms with van der Waals surface area (Å²) >= 11 is 1.54. The van der Waals surface area contributed by atoms with E-state index in [4.69, 9.17) is 0 Å². The van der Waals surface area contributed by atoms with Gasteiger partial charge >= 0.3 is 0 Å². The van der Waals surface area contributed by atoms with Gasteiger partial charge in [-0.1, -0.05) is 42.1 Å². The number of benzene rings is 1. The van der Waals surface area contributed by atoms with E-state index in [0.717, 1.165) is 41.5 Å². The number of hydrogen-bond acceptors (Lipinski definition) is 4. The first-order chi connectivity index (χ1) is 12.0. The maximum absolute atomic E-state index is 12.3. The van der Waals surface area contributed by atoms with E-state index in [2.05, 4.69) is 39.6 Å². The number of hydrogen-bond donors (Lipinski definition) is 1. The molecule has 2 aromatic rings. The molecule has 1 fully saturated rings. The van der Waals surface area contributed by atoms with Crippen LogP contribution in [0.2, 0.25) is 0 Å². The van der Waals surface area contributed by atoms with Gasteiger partial charge in [0.25, 0.3) is 0 Å². The molecule has 1 aromatic heterocycles. The average Bonchev–Trinajstić information content (AvgIpc) is 3.41. The average molecular weight is 356 g/mol. The van der Waals surface area contributed by atoms with Crippen molar-refractivity contribution in [3.63, 3.8) is 0 Å². The van der Waals surface area contributed by atoms with Crippen LogP contribution in [-0.2, 0) is 16.6 Å². The number of rotatable bonds is 7. The summed E-state index contributed by atoms with van der Waals surface area (Å²) in [5, 5.41) is 3.93. The van der Waals surface area contributed by atoms with Gasteiger partial charge in [0.2, 0.25) is 5.91 Å². The lowest BCUT2D eigenvalue weighted by Gasteiger charge is -2.17. The fraction of sp³-hybridized carbons (Fsp3) is 0.450. The van der Waals surface area contributed by atoms with E-state index in [1.54, 1.807) is 11.8 Å². The maximum Gasteiger partial charge on any atom is 0.220 e. The molecule has 1 N–H and O–H groups in total. The van der Waals surface area contributed by atoms with Gasteiger partial charge in [0.05, 0.1) is 0 Å². The summed E-state index contributed by atoms with van der Waals surface area (Å²) in [4.78, 5) is 21.3. The number of aryl methyl sites for hydroxylation is 2. The highest BCUT2D eigenvalue weighted by molar-refractivity contribution is 7.98. The van der Waals surface area contributed by atoms with Crippen LogP contribution in [0.3, 0.4) is 0 Å². The molecule has 3 rings (SSSR count). The number of nitrogens with zero attached hydrogens (tertiary/aromatic N) is 2. The molecular formula is C20H25N3OS. The smallest absolute Gasteiger partial charge is 0.220 e.